The molecule has 0 saturated heterocycles. The molecule has 0 spiro atoms. The zero-order chi connectivity index (χ0) is 25.8. The van der Waals surface area contributed by atoms with E-state index in [1.165, 1.54) is 0 Å². The number of benzene rings is 3. The van der Waals surface area contributed by atoms with Gasteiger partial charge in [-0.1, -0.05) is 91.0 Å². The number of nitrogens with zero attached hydrogens (tertiary/aromatic N) is 1. The lowest BCUT2D eigenvalue weighted by molar-refractivity contribution is 0.0404. The summed E-state index contributed by atoms with van der Waals surface area (Å²) in [5.41, 5.74) is 2.33. The first-order chi connectivity index (χ1) is 17.3. The Bertz CT molecular complexity index is 1030. The smallest absolute Gasteiger partial charge is 0.409 e. The van der Waals surface area contributed by atoms with Crippen molar-refractivity contribution in [1.82, 2.24) is 15.5 Å². The van der Waals surface area contributed by atoms with Gasteiger partial charge in [0.25, 0.3) is 0 Å². The molecule has 2 N–H and O–H groups in total. The highest BCUT2D eigenvalue weighted by Crippen LogP contribution is 2.11. The number of urea groups is 1. The van der Waals surface area contributed by atoms with Crippen LogP contribution in [-0.4, -0.2) is 35.4 Å². The maximum absolute atomic E-state index is 13.4. The number of nitrogens with one attached hydrogen (secondary N) is 2. The predicted molar refractivity (Wildman–Crippen MR) is 140 cm³/mol. The van der Waals surface area contributed by atoms with Crippen LogP contribution >= 0.6 is 0 Å². The molecule has 0 heterocycles. The number of hydrogen-bond donors (Lipinski definition) is 2. The van der Waals surface area contributed by atoms with Crippen molar-refractivity contribution in [2.24, 2.45) is 0 Å². The molecule has 1 atom stereocenters. The molecule has 0 bridgehead atoms. The van der Waals surface area contributed by atoms with Gasteiger partial charge in [-0.2, -0.15) is 0 Å². The average molecular weight is 490 g/mol. The van der Waals surface area contributed by atoms with E-state index in [4.69, 9.17) is 9.47 Å². The van der Waals surface area contributed by atoms with Gasteiger partial charge in [0.1, 0.15) is 11.8 Å². The SMILES string of the molecule is CC(C)(C)OC(=O)N[C@H](COCc1ccccc1)NC(=O)N(Cc1ccccc1)Cc1ccccc1. The van der Waals surface area contributed by atoms with Crippen molar-refractivity contribution < 1.29 is 19.1 Å². The second-order valence-corrected chi connectivity index (χ2v) is 9.48. The fourth-order valence-corrected chi connectivity index (χ4v) is 3.49. The van der Waals surface area contributed by atoms with Crippen molar-refractivity contribution in [3.63, 3.8) is 0 Å². The Labute approximate surface area is 213 Å². The summed E-state index contributed by atoms with van der Waals surface area (Å²) in [4.78, 5) is 27.6. The summed E-state index contributed by atoms with van der Waals surface area (Å²) in [5, 5.41) is 5.64. The van der Waals surface area contributed by atoms with Crippen LogP contribution in [0.1, 0.15) is 37.5 Å². The Morgan fingerprint density at radius 2 is 1.22 bits per heavy atom. The summed E-state index contributed by atoms with van der Waals surface area (Å²) >= 11 is 0. The topological polar surface area (TPSA) is 79.9 Å². The monoisotopic (exact) mass is 489 g/mol. The molecule has 7 heteroatoms. The number of hydrogen-bond acceptors (Lipinski definition) is 4. The Morgan fingerprint density at radius 1 is 0.750 bits per heavy atom. The summed E-state index contributed by atoms with van der Waals surface area (Å²) in [6.07, 6.45) is -1.42. The van der Waals surface area contributed by atoms with Crippen molar-refractivity contribution in [3.8, 4) is 0 Å². The Hall–Kier alpha value is -3.84. The normalized spacial score (nSPS) is 11.9. The quantitative estimate of drug-likeness (QED) is 0.370. The van der Waals surface area contributed by atoms with E-state index < -0.39 is 17.9 Å². The van der Waals surface area contributed by atoms with Gasteiger partial charge in [0.05, 0.1) is 13.2 Å². The van der Waals surface area contributed by atoms with Gasteiger partial charge in [0.2, 0.25) is 0 Å². The molecule has 0 radical (unpaired) electrons. The number of ether oxygens (including phenoxy) is 2. The standard InChI is InChI=1S/C29H35N3O4/c1-29(2,3)36-28(34)31-26(22-35-21-25-17-11-6-12-18-25)30-27(33)32(19-23-13-7-4-8-14-23)20-24-15-9-5-10-16-24/h4-18,26H,19-22H2,1-3H3,(H,30,33)(H,31,34)/t26-/m1/s1. The molecule has 3 aromatic carbocycles. The molecule has 0 saturated carbocycles. The van der Waals surface area contributed by atoms with E-state index in [0.717, 1.165) is 16.7 Å². The number of amides is 3. The molecule has 0 fully saturated rings. The molecular weight excluding hydrogens is 454 g/mol. The first kappa shape index (κ1) is 26.8. The van der Waals surface area contributed by atoms with E-state index in [1.54, 1.807) is 25.7 Å². The summed E-state index contributed by atoms with van der Waals surface area (Å²) in [7, 11) is 0. The summed E-state index contributed by atoms with van der Waals surface area (Å²) in [6.45, 7) is 6.59. The molecule has 3 rings (SSSR count). The van der Waals surface area contributed by atoms with Gasteiger partial charge in [-0.3, -0.25) is 5.32 Å². The van der Waals surface area contributed by atoms with Crippen LogP contribution in [0, 0.1) is 0 Å². The van der Waals surface area contributed by atoms with E-state index in [9.17, 15) is 9.59 Å². The van der Waals surface area contributed by atoms with Crippen LogP contribution in [-0.2, 0) is 29.2 Å². The third-order valence-electron chi connectivity index (χ3n) is 5.10. The summed E-state index contributed by atoms with van der Waals surface area (Å²) < 4.78 is 11.2. The molecule has 190 valence electrons. The van der Waals surface area contributed by atoms with E-state index in [0.29, 0.717) is 19.7 Å². The van der Waals surface area contributed by atoms with E-state index in [1.807, 2.05) is 91.0 Å². The zero-order valence-electron chi connectivity index (χ0n) is 21.1. The second-order valence-electron chi connectivity index (χ2n) is 9.48. The van der Waals surface area contributed by atoms with Crippen LogP contribution in [0.15, 0.2) is 91.0 Å². The zero-order valence-corrected chi connectivity index (χ0v) is 21.1. The maximum atomic E-state index is 13.4. The highest BCUT2D eigenvalue weighted by Gasteiger charge is 2.23. The predicted octanol–water partition coefficient (Wildman–Crippen LogP) is 5.47. The Kier molecular flexibility index (Phi) is 9.89. The van der Waals surface area contributed by atoms with Crippen LogP contribution in [0.5, 0.6) is 0 Å². The first-order valence-corrected chi connectivity index (χ1v) is 12.0. The fraction of sp³-hybridized carbons (Fsp3) is 0.310. The van der Waals surface area contributed by atoms with Crippen molar-refractivity contribution in [1.29, 1.82) is 0 Å². The van der Waals surface area contributed by atoms with Crippen LogP contribution in [0.25, 0.3) is 0 Å². The Morgan fingerprint density at radius 3 is 1.69 bits per heavy atom. The van der Waals surface area contributed by atoms with Crippen LogP contribution < -0.4 is 10.6 Å². The molecule has 0 unspecified atom stereocenters. The van der Waals surface area contributed by atoms with Gasteiger partial charge >= 0.3 is 12.1 Å². The van der Waals surface area contributed by atoms with Crippen LogP contribution in [0.3, 0.4) is 0 Å². The summed E-state index contributed by atoms with van der Waals surface area (Å²) in [5.74, 6) is 0. The number of carbonyl (C=O) groups excluding carboxylic acids is 2. The molecule has 3 amide bonds. The van der Waals surface area contributed by atoms with E-state index in [-0.39, 0.29) is 12.6 Å². The molecule has 3 aromatic rings. The third kappa shape index (κ3) is 9.80. The van der Waals surface area contributed by atoms with Crippen molar-refractivity contribution in [2.45, 2.75) is 52.2 Å². The molecule has 0 aromatic heterocycles. The van der Waals surface area contributed by atoms with Crippen LogP contribution in [0.4, 0.5) is 9.59 Å². The first-order valence-electron chi connectivity index (χ1n) is 12.0. The minimum absolute atomic E-state index is 0.0738. The lowest BCUT2D eigenvalue weighted by atomic mass is 10.2. The highest BCUT2D eigenvalue weighted by molar-refractivity contribution is 5.76. The minimum atomic E-state index is -0.787. The average Bonchev–Trinajstić information content (AvgIpc) is 2.84. The van der Waals surface area contributed by atoms with Crippen molar-refractivity contribution in [3.05, 3.63) is 108 Å². The van der Waals surface area contributed by atoms with Crippen molar-refractivity contribution >= 4 is 12.1 Å². The summed E-state index contributed by atoms with van der Waals surface area (Å²) in [6, 6.07) is 28.9. The third-order valence-corrected chi connectivity index (χ3v) is 5.10. The lowest BCUT2D eigenvalue weighted by Gasteiger charge is -2.28. The van der Waals surface area contributed by atoms with Crippen LogP contribution in [0.2, 0.25) is 0 Å². The Balaban J connectivity index is 1.71. The number of carbonyl (C=O) groups is 2. The largest absolute Gasteiger partial charge is 0.444 e. The van der Waals surface area contributed by atoms with Gasteiger partial charge in [0.15, 0.2) is 0 Å². The molecule has 0 aliphatic rings. The molecule has 7 nitrogen and oxygen atoms in total. The fourth-order valence-electron chi connectivity index (χ4n) is 3.49. The van der Waals surface area contributed by atoms with E-state index >= 15 is 0 Å². The molecular formula is C29H35N3O4. The molecule has 36 heavy (non-hydrogen) atoms. The van der Waals surface area contributed by atoms with Gasteiger partial charge in [0, 0.05) is 13.1 Å². The second kappa shape index (κ2) is 13.3. The minimum Gasteiger partial charge on any atom is -0.444 e. The number of alkyl carbamates (subject to hydrolysis) is 1. The van der Waals surface area contributed by atoms with Gasteiger partial charge in [-0.15, -0.1) is 0 Å². The number of rotatable bonds is 10. The van der Waals surface area contributed by atoms with Gasteiger partial charge in [-0.25, -0.2) is 9.59 Å². The molecule has 0 aliphatic heterocycles. The van der Waals surface area contributed by atoms with Gasteiger partial charge in [-0.05, 0) is 37.5 Å². The lowest BCUT2D eigenvalue weighted by Crippen LogP contribution is -2.54. The maximum Gasteiger partial charge on any atom is 0.409 e. The highest BCUT2D eigenvalue weighted by atomic mass is 16.6. The van der Waals surface area contributed by atoms with Gasteiger partial charge < -0.3 is 19.7 Å². The van der Waals surface area contributed by atoms with Crippen molar-refractivity contribution in [2.75, 3.05) is 6.61 Å². The molecule has 0 aliphatic carbocycles. The van der Waals surface area contributed by atoms with E-state index in [2.05, 4.69) is 10.6 Å².